The Morgan fingerprint density at radius 2 is 1.85 bits per heavy atom. The highest BCUT2D eigenvalue weighted by atomic mass is 32.1. The van der Waals surface area contributed by atoms with Gasteiger partial charge < -0.3 is 19.8 Å². The van der Waals surface area contributed by atoms with E-state index in [1.54, 1.807) is 11.3 Å². The molecule has 2 N–H and O–H groups in total. The highest BCUT2D eigenvalue weighted by Crippen LogP contribution is 2.72. The van der Waals surface area contributed by atoms with Crippen molar-refractivity contribution < 1.29 is 14.9 Å². The third kappa shape index (κ3) is 3.29. The third-order valence-electron chi connectivity index (χ3n) is 11.9. The third-order valence-corrected chi connectivity index (χ3v) is 12.6. The van der Waals surface area contributed by atoms with Crippen LogP contribution in [0.1, 0.15) is 90.0 Å². The van der Waals surface area contributed by atoms with Crippen LogP contribution in [0.4, 0.5) is 0 Å². The number of aliphatic hydroxyl groups excluding tert-OH is 1. The van der Waals surface area contributed by atoms with Gasteiger partial charge in [-0.15, -0.1) is 0 Å². The number of ether oxygens (including phenoxy) is 1. The van der Waals surface area contributed by atoms with Gasteiger partial charge in [-0.1, -0.05) is 13.8 Å². The summed E-state index contributed by atoms with van der Waals surface area (Å²) < 4.78 is 7.03. The molecule has 1 aliphatic heterocycles. The van der Waals surface area contributed by atoms with Crippen molar-refractivity contribution in [1.82, 2.24) is 4.90 Å². The molecule has 6 rings (SSSR count). The summed E-state index contributed by atoms with van der Waals surface area (Å²) in [6.07, 6.45) is 11.8. The molecule has 5 aliphatic rings. The molecule has 0 aromatic carbocycles. The Morgan fingerprint density at radius 3 is 2.62 bits per heavy atom. The second-order valence-electron chi connectivity index (χ2n) is 13.0. The van der Waals surface area contributed by atoms with Crippen molar-refractivity contribution in [3.8, 4) is 0 Å². The topological polar surface area (TPSA) is 52.9 Å². The van der Waals surface area contributed by atoms with E-state index in [9.17, 15) is 10.2 Å². The fourth-order valence-electron chi connectivity index (χ4n) is 9.83. The van der Waals surface area contributed by atoms with Gasteiger partial charge in [-0.25, -0.2) is 0 Å². The number of likely N-dealkylation sites (tertiary alicyclic amines) is 1. The lowest BCUT2D eigenvalue weighted by atomic mass is 9.43. The van der Waals surface area contributed by atoms with Crippen molar-refractivity contribution in [2.75, 3.05) is 26.2 Å². The first-order chi connectivity index (χ1) is 16.3. The quantitative estimate of drug-likeness (QED) is 0.570. The van der Waals surface area contributed by atoms with Crippen LogP contribution in [0.5, 0.6) is 0 Å². The molecule has 1 aromatic rings. The Kier molecular flexibility index (Phi) is 6.01. The lowest BCUT2D eigenvalue weighted by Gasteiger charge is -2.64. The van der Waals surface area contributed by atoms with E-state index in [0.29, 0.717) is 17.8 Å². The molecule has 2 heterocycles. The number of hydrogen-bond acceptors (Lipinski definition) is 5. The van der Waals surface area contributed by atoms with Gasteiger partial charge in [0.05, 0.1) is 18.3 Å². The van der Waals surface area contributed by atoms with E-state index in [1.165, 1.54) is 37.9 Å². The predicted molar refractivity (Wildman–Crippen MR) is 137 cm³/mol. The van der Waals surface area contributed by atoms with Crippen LogP contribution in [0, 0.1) is 28.6 Å². The van der Waals surface area contributed by atoms with Crippen molar-refractivity contribution in [1.29, 1.82) is 0 Å². The highest BCUT2D eigenvalue weighted by Gasteiger charge is 2.72. The molecular weight excluding hydrogens is 442 g/mol. The van der Waals surface area contributed by atoms with Crippen molar-refractivity contribution in [2.24, 2.45) is 28.6 Å². The molecule has 0 amide bonds. The van der Waals surface area contributed by atoms with Gasteiger partial charge in [0.1, 0.15) is 5.60 Å². The zero-order valence-corrected chi connectivity index (χ0v) is 22.1. The smallest absolute Gasteiger partial charge is 0.102 e. The normalized spacial score (nSPS) is 48.9. The van der Waals surface area contributed by atoms with Crippen LogP contribution in [0.25, 0.3) is 0 Å². The molecule has 1 saturated heterocycles. The molecule has 0 radical (unpaired) electrons. The summed E-state index contributed by atoms with van der Waals surface area (Å²) in [4.78, 5) is 2.54. The van der Waals surface area contributed by atoms with Crippen molar-refractivity contribution in [3.63, 3.8) is 0 Å². The summed E-state index contributed by atoms with van der Waals surface area (Å²) in [5.74, 6) is 1.54. The second-order valence-corrected chi connectivity index (χ2v) is 13.7. The van der Waals surface area contributed by atoms with Crippen LogP contribution in [-0.2, 0) is 10.3 Å². The highest BCUT2D eigenvalue weighted by molar-refractivity contribution is 7.08. The standard InChI is InChI=1S/C29H45NO3S/c1-26-10-7-23(31)19-21(26)5-6-25-24(26)8-11-27(2)28(25,32)12-13-29(27,22-9-18-34-20-22)33-17-16-30-14-3-4-15-30/h9,18,20-21,23-25,31-32H,3-8,10-17,19H2,1-2H3/t21-,23-,24-,25+,26-,27-,28-,29-/m0/s1. The van der Waals surface area contributed by atoms with Gasteiger partial charge in [-0.2, -0.15) is 11.3 Å². The van der Waals surface area contributed by atoms with E-state index in [-0.39, 0.29) is 22.5 Å². The summed E-state index contributed by atoms with van der Waals surface area (Å²) in [5.41, 5.74) is 0.257. The molecule has 4 nitrogen and oxygen atoms in total. The van der Waals surface area contributed by atoms with Gasteiger partial charge in [-0.05, 0) is 129 Å². The molecule has 5 fully saturated rings. The first kappa shape index (κ1) is 23.9. The lowest BCUT2D eigenvalue weighted by Crippen LogP contribution is -2.65. The number of thiophene rings is 1. The van der Waals surface area contributed by atoms with Gasteiger partial charge in [0.25, 0.3) is 0 Å². The molecule has 1 aromatic heterocycles. The van der Waals surface area contributed by atoms with Crippen molar-refractivity contribution in [3.05, 3.63) is 22.4 Å². The van der Waals surface area contributed by atoms with Crippen molar-refractivity contribution in [2.45, 2.75) is 102 Å². The van der Waals surface area contributed by atoms with Crippen LogP contribution in [0.15, 0.2) is 16.8 Å². The maximum Gasteiger partial charge on any atom is 0.102 e. The number of rotatable bonds is 5. The average molecular weight is 488 g/mol. The minimum atomic E-state index is -0.671. The maximum atomic E-state index is 12.7. The fraction of sp³-hybridized carbons (Fsp3) is 0.862. The first-order valence-electron chi connectivity index (χ1n) is 14.1. The predicted octanol–water partition coefficient (Wildman–Crippen LogP) is 5.57. The van der Waals surface area contributed by atoms with E-state index in [4.69, 9.17) is 4.74 Å². The summed E-state index contributed by atoms with van der Waals surface area (Å²) in [7, 11) is 0. The molecular formula is C29H45NO3S. The van der Waals surface area contributed by atoms with Gasteiger partial charge in [0, 0.05) is 12.0 Å². The van der Waals surface area contributed by atoms with E-state index in [1.807, 2.05) is 0 Å². The largest absolute Gasteiger partial charge is 0.393 e. The van der Waals surface area contributed by atoms with Gasteiger partial charge in [0.15, 0.2) is 0 Å². The second kappa shape index (κ2) is 8.55. The molecule has 34 heavy (non-hydrogen) atoms. The molecule has 0 bridgehead atoms. The first-order valence-corrected chi connectivity index (χ1v) is 15.1. The van der Waals surface area contributed by atoms with Crippen LogP contribution < -0.4 is 0 Å². The summed E-state index contributed by atoms with van der Waals surface area (Å²) in [6.45, 7) is 9.05. The minimum Gasteiger partial charge on any atom is -0.393 e. The van der Waals surface area contributed by atoms with Crippen LogP contribution in [0.3, 0.4) is 0 Å². The molecule has 4 aliphatic carbocycles. The van der Waals surface area contributed by atoms with Gasteiger partial charge >= 0.3 is 0 Å². The SMILES string of the molecule is C[C@]12CC[C@H](O)C[C@@H]1CC[C@@H]1[C@@H]2CC[C@]2(C)[C@@](OCCN3CCCC3)(c3ccsc3)CC[C@]12O. The van der Waals surface area contributed by atoms with Crippen LogP contribution in [0.2, 0.25) is 0 Å². The van der Waals surface area contributed by atoms with Crippen LogP contribution >= 0.6 is 11.3 Å². The van der Waals surface area contributed by atoms with E-state index >= 15 is 0 Å². The number of fused-ring (bicyclic) bond motifs is 5. The Morgan fingerprint density at radius 1 is 1.03 bits per heavy atom. The molecule has 0 spiro atoms. The molecule has 190 valence electrons. The molecule has 8 atom stereocenters. The van der Waals surface area contributed by atoms with E-state index in [2.05, 4.69) is 35.6 Å². The average Bonchev–Trinajstić information content (AvgIpc) is 3.57. The van der Waals surface area contributed by atoms with Crippen LogP contribution in [-0.4, -0.2) is 53.1 Å². The molecule has 4 saturated carbocycles. The maximum absolute atomic E-state index is 12.7. The number of hydrogen-bond donors (Lipinski definition) is 2. The summed E-state index contributed by atoms with van der Waals surface area (Å²) >= 11 is 1.76. The lowest BCUT2D eigenvalue weighted by molar-refractivity contribution is -0.249. The number of nitrogens with zero attached hydrogens (tertiary/aromatic N) is 1. The molecule has 5 heteroatoms. The van der Waals surface area contributed by atoms with Crippen molar-refractivity contribution >= 4 is 11.3 Å². The Hall–Kier alpha value is -0.460. The Bertz CT molecular complexity index is 871. The number of aliphatic hydroxyl groups is 2. The minimum absolute atomic E-state index is 0.117. The summed E-state index contributed by atoms with van der Waals surface area (Å²) in [6, 6.07) is 2.27. The van der Waals surface area contributed by atoms with Gasteiger partial charge in [0.2, 0.25) is 0 Å². The van der Waals surface area contributed by atoms with E-state index < -0.39 is 5.60 Å². The zero-order chi connectivity index (χ0) is 23.6. The fourth-order valence-corrected chi connectivity index (χ4v) is 10.5. The zero-order valence-electron chi connectivity index (χ0n) is 21.3. The Balaban J connectivity index is 1.31. The van der Waals surface area contributed by atoms with Gasteiger partial charge in [-0.3, -0.25) is 0 Å². The molecule has 0 unspecified atom stereocenters. The van der Waals surface area contributed by atoms with E-state index in [0.717, 1.165) is 64.5 Å². The monoisotopic (exact) mass is 487 g/mol. The Labute approximate surface area is 210 Å². The summed E-state index contributed by atoms with van der Waals surface area (Å²) in [5, 5.41) is 27.6.